The summed E-state index contributed by atoms with van der Waals surface area (Å²) in [7, 11) is 0. The van der Waals surface area contributed by atoms with Gasteiger partial charge in [-0.1, -0.05) is 12.1 Å². The fraction of sp³-hybridized carbons (Fsp3) is 0.538. The van der Waals surface area contributed by atoms with Crippen molar-refractivity contribution in [2.45, 2.75) is 45.8 Å². The van der Waals surface area contributed by atoms with Gasteiger partial charge in [-0.15, -0.1) is 0 Å². The molecular weight excluding hydrogens is 231 g/mol. The molecule has 101 valence electrons. The first-order chi connectivity index (χ1) is 8.14. The van der Waals surface area contributed by atoms with Crippen molar-refractivity contribution in [2.24, 2.45) is 0 Å². The Kier molecular flexibility index (Phi) is 6.39. The molecule has 1 aromatic carbocycles. The minimum Gasteiger partial charge on any atom is -0.485 e. The summed E-state index contributed by atoms with van der Waals surface area (Å²) in [5, 5.41) is 24.0. The second kappa shape index (κ2) is 6.78. The molecule has 0 aliphatic rings. The zero-order valence-corrected chi connectivity index (χ0v) is 11.6. The van der Waals surface area contributed by atoms with E-state index >= 15 is 0 Å². The minimum atomic E-state index is -0.878. The van der Waals surface area contributed by atoms with Crippen molar-refractivity contribution in [3.63, 3.8) is 0 Å². The monoisotopic (exact) mass is 253 g/mol. The van der Waals surface area contributed by atoms with E-state index in [9.17, 15) is 5.11 Å². The third kappa shape index (κ3) is 5.53. The van der Waals surface area contributed by atoms with Crippen LogP contribution in [0.4, 0.5) is 0 Å². The van der Waals surface area contributed by atoms with E-state index in [-0.39, 0.29) is 7.69 Å². The summed E-state index contributed by atoms with van der Waals surface area (Å²) < 4.78 is 5.80. The summed E-state index contributed by atoms with van der Waals surface area (Å²) in [4.78, 5) is 0. The Labute approximate surface area is 110 Å². The smallest absolute Gasteiger partial charge is 0.482 e. The normalized spacial score (nSPS) is 11.3. The van der Waals surface area contributed by atoms with Crippen LogP contribution in [0.25, 0.3) is 0 Å². The van der Waals surface area contributed by atoms with Crippen LogP contribution in [0.1, 0.15) is 33.3 Å². The summed E-state index contributed by atoms with van der Waals surface area (Å²) in [6.07, 6.45) is 0. The maximum absolute atomic E-state index is 9.95. The lowest BCUT2D eigenvalue weighted by atomic mass is 9.89. The first kappa shape index (κ1) is 17.0. The van der Waals surface area contributed by atoms with Crippen molar-refractivity contribution < 1.29 is 19.9 Å². The molecule has 0 unspecified atom stereocenters. The summed E-state index contributed by atoms with van der Waals surface area (Å²) in [5.74, 6) is 0.794. The highest BCUT2D eigenvalue weighted by Crippen LogP contribution is 2.28. The third-order valence-corrected chi connectivity index (χ3v) is 2.84. The number of aliphatic hydroxyl groups is 1. The Balaban J connectivity index is 0.000000873. The second-order valence-corrected chi connectivity index (χ2v) is 5.10. The largest absolute Gasteiger partial charge is 0.485 e. The molecule has 0 saturated heterocycles. The summed E-state index contributed by atoms with van der Waals surface area (Å²) in [6.45, 7) is 9.29. The van der Waals surface area contributed by atoms with Gasteiger partial charge in [-0.2, -0.15) is 0 Å². The molecule has 0 aromatic heterocycles. The number of aryl methyl sites for hydroxylation is 1. The Hall–Kier alpha value is -1.04. The molecule has 0 amide bonds. The molecule has 0 aliphatic heterocycles. The van der Waals surface area contributed by atoms with E-state index in [0.29, 0.717) is 0 Å². The average Bonchev–Trinajstić information content (AvgIpc) is 2.15. The fourth-order valence-corrected chi connectivity index (χ4v) is 1.10. The number of benzene rings is 1. The molecule has 5 heteroatoms. The molecule has 3 N–H and O–H groups in total. The van der Waals surface area contributed by atoms with Crippen molar-refractivity contribution in [1.82, 2.24) is 0 Å². The quantitative estimate of drug-likeness (QED) is 0.713. The SMILES string of the molecule is Cc1cccc(OC(C)(C)C(C)(C)O)c1.O[B]O. The summed E-state index contributed by atoms with van der Waals surface area (Å²) in [5.41, 5.74) is -0.337. The highest BCUT2D eigenvalue weighted by Gasteiger charge is 2.37. The Morgan fingerprint density at radius 1 is 1.11 bits per heavy atom. The third-order valence-electron chi connectivity index (χ3n) is 2.84. The zero-order valence-electron chi connectivity index (χ0n) is 11.6. The van der Waals surface area contributed by atoms with Gasteiger partial charge in [-0.25, -0.2) is 0 Å². The molecule has 0 fully saturated rings. The lowest BCUT2D eigenvalue weighted by Gasteiger charge is -2.37. The van der Waals surface area contributed by atoms with Crippen LogP contribution in [-0.4, -0.2) is 34.0 Å². The molecule has 0 heterocycles. The van der Waals surface area contributed by atoms with Crippen LogP contribution in [0.2, 0.25) is 0 Å². The predicted octanol–water partition coefficient (Wildman–Crippen LogP) is 1.43. The van der Waals surface area contributed by atoms with Gasteiger partial charge in [0.2, 0.25) is 0 Å². The molecule has 4 nitrogen and oxygen atoms in total. The van der Waals surface area contributed by atoms with E-state index in [1.54, 1.807) is 13.8 Å². The van der Waals surface area contributed by atoms with E-state index in [0.717, 1.165) is 11.3 Å². The van der Waals surface area contributed by atoms with E-state index in [1.165, 1.54) is 0 Å². The molecule has 0 bridgehead atoms. The van der Waals surface area contributed by atoms with Gasteiger partial charge < -0.3 is 19.9 Å². The molecule has 18 heavy (non-hydrogen) atoms. The second-order valence-electron chi connectivity index (χ2n) is 5.10. The van der Waals surface area contributed by atoms with Gasteiger partial charge in [-0.05, 0) is 52.3 Å². The Morgan fingerprint density at radius 3 is 2.00 bits per heavy atom. The molecular formula is C13H22BO4. The molecule has 0 atom stereocenters. The van der Waals surface area contributed by atoms with Crippen LogP contribution in [-0.2, 0) is 0 Å². The van der Waals surface area contributed by atoms with Gasteiger partial charge in [0.15, 0.2) is 0 Å². The van der Waals surface area contributed by atoms with Gasteiger partial charge in [0.1, 0.15) is 11.4 Å². The Morgan fingerprint density at radius 2 is 1.61 bits per heavy atom. The van der Waals surface area contributed by atoms with E-state index < -0.39 is 11.2 Å². The van der Waals surface area contributed by atoms with Gasteiger partial charge >= 0.3 is 7.69 Å². The topological polar surface area (TPSA) is 69.9 Å². The van der Waals surface area contributed by atoms with Gasteiger partial charge in [0, 0.05) is 0 Å². The first-order valence-electron chi connectivity index (χ1n) is 5.72. The van der Waals surface area contributed by atoms with Crippen LogP contribution < -0.4 is 4.74 Å². The standard InChI is InChI=1S/C13H20O2.BH2O2/c1-10-7-6-8-11(9-10)15-13(4,5)12(2,3)14;2-1-3/h6-9,14H,1-5H3;2-3H. The number of ether oxygens (including phenoxy) is 1. The average molecular weight is 253 g/mol. The van der Waals surface area contributed by atoms with E-state index in [4.69, 9.17) is 14.8 Å². The van der Waals surface area contributed by atoms with Crippen molar-refractivity contribution in [3.05, 3.63) is 29.8 Å². The van der Waals surface area contributed by atoms with Crippen LogP contribution >= 0.6 is 0 Å². The lowest BCUT2D eigenvalue weighted by Crippen LogP contribution is -2.49. The maximum Gasteiger partial charge on any atom is 0.482 e. The van der Waals surface area contributed by atoms with Crippen LogP contribution in [0.15, 0.2) is 24.3 Å². The molecule has 0 aliphatic carbocycles. The summed E-state index contributed by atoms with van der Waals surface area (Å²) in [6, 6.07) is 7.84. The predicted molar refractivity (Wildman–Crippen MR) is 72.4 cm³/mol. The first-order valence-corrected chi connectivity index (χ1v) is 5.72. The van der Waals surface area contributed by atoms with E-state index in [1.807, 2.05) is 45.0 Å². The van der Waals surface area contributed by atoms with Crippen LogP contribution in [0, 0.1) is 6.92 Å². The number of hydrogen-bond donors (Lipinski definition) is 3. The molecule has 0 spiro atoms. The Bertz CT molecular complexity index is 358. The van der Waals surface area contributed by atoms with Gasteiger partial charge in [-0.3, -0.25) is 0 Å². The van der Waals surface area contributed by atoms with Crippen molar-refractivity contribution >= 4 is 7.69 Å². The minimum absolute atomic E-state index is 0. The van der Waals surface area contributed by atoms with Crippen LogP contribution in [0.3, 0.4) is 0 Å². The maximum atomic E-state index is 9.95. The zero-order chi connectivity index (χ0) is 14.4. The molecule has 1 rings (SSSR count). The van der Waals surface area contributed by atoms with Gasteiger partial charge in [0.05, 0.1) is 5.60 Å². The fourth-order valence-electron chi connectivity index (χ4n) is 1.10. The van der Waals surface area contributed by atoms with E-state index in [2.05, 4.69) is 0 Å². The molecule has 1 aromatic rings. The van der Waals surface area contributed by atoms with Gasteiger partial charge in [0.25, 0.3) is 0 Å². The molecule has 1 radical (unpaired) electrons. The highest BCUT2D eigenvalue weighted by molar-refractivity contribution is 6.13. The number of hydrogen-bond acceptors (Lipinski definition) is 4. The van der Waals surface area contributed by atoms with Crippen molar-refractivity contribution in [1.29, 1.82) is 0 Å². The lowest BCUT2D eigenvalue weighted by molar-refractivity contribution is -0.0906. The van der Waals surface area contributed by atoms with Crippen molar-refractivity contribution in [3.8, 4) is 5.75 Å². The van der Waals surface area contributed by atoms with Crippen molar-refractivity contribution in [2.75, 3.05) is 0 Å². The molecule has 0 saturated carbocycles. The number of rotatable bonds is 3. The summed E-state index contributed by atoms with van der Waals surface area (Å²) >= 11 is 0. The van der Waals surface area contributed by atoms with Crippen LogP contribution in [0.5, 0.6) is 5.75 Å². The highest BCUT2D eigenvalue weighted by atomic mass is 16.5.